The van der Waals surface area contributed by atoms with Crippen LogP contribution in [0.15, 0.2) is 103 Å². The van der Waals surface area contributed by atoms with Gasteiger partial charge in [-0.05, 0) is 16.7 Å². The van der Waals surface area contributed by atoms with Gasteiger partial charge in [0.2, 0.25) is 0 Å². The zero-order valence-electron chi connectivity index (χ0n) is 18.5. The Labute approximate surface area is 194 Å². The largest absolute Gasteiger partial charge is 0.487 e. The normalized spacial score (nSPS) is 22.6. The van der Waals surface area contributed by atoms with Gasteiger partial charge in [0.1, 0.15) is 30.7 Å². The first-order valence-electron chi connectivity index (χ1n) is 11.1. The molecule has 0 aliphatic carbocycles. The van der Waals surface area contributed by atoms with E-state index in [4.69, 9.17) is 18.9 Å². The Morgan fingerprint density at radius 3 is 1.52 bits per heavy atom. The third-order valence-corrected chi connectivity index (χ3v) is 5.60. The second-order valence-corrected chi connectivity index (χ2v) is 8.02. The van der Waals surface area contributed by atoms with Crippen molar-refractivity contribution < 1.29 is 23.3 Å². The van der Waals surface area contributed by atoms with Crippen LogP contribution in [0.2, 0.25) is 0 Å². The van der Waals surface area contributed by atoms with E-state index in [1.54, 1.807) is 0 Å². The molecule has 172 valence electrons. The Kier molecular flexibility index (Phi) is 8.25. The van der Waals surface area contributed by atoms with E-state index in [2.05, 4.69) is 6.58 Å². The van der Waals surface area contributed by atoms with Gasteiger partial charge in [-0.3, -0.25) is 0 Å². The van der Waals surface area contributed by atoms with Crippen LogP contribution in [0.4, 0.5) is 4.39 Å². The molecule has 3 aromatic carbocycles. The maximum atomic E-state index is 14.0. The summed E-state index contributed by atoms with van der Waals surface area (Å²) in [6.07, 6.45) is -2.67. The summed E-state index contributed by atoms with van der Waals surface area (Å²) < 4.78 is 38.5. The molecule has 1 aliphatic heterocycles. The van der Waals surface area contributed by atoms with E-state index < -0.39 is 31.1 Å². The summed E-state index contributed by atoms with van der Waals surface area (Å²) in [6.45, 7) is 4.31. The van der Waals surface area contributed by atoms with Crippen molar-refractivity contribution in [2.45, 2.75) is 44.2 Å². The minimum Gasteiger partial charge on any atom is -0.487 e. The van der Waals surface area contributed by atoms with Crippen LogP contribution in [0.25, 0.3) is 0 Å². The van der Waals surface area contributed by atoms with E-state index >= 15 is 0 Å². The molecule has 4 rings (SSSR count). The van der Waals surface area contributed by atoms with Gasteiger partial charge in [-0.25, -0.2) is 4.39 Å². The fourth-order valence-electron chi connectivity index (χ4n) is 3.88. The van der Waals surface area contributed by atoms with Gasteiger partial charge in [-0.2, -0.15) is 0 Å². The number of hydrogen-bond acceptors (Lipinski definition) is 4. The summed E-state index contributed by atoms with van der Waals surface area (Å²) in [7, 11) is 0. The summed E-state index contributed by atoms with van der Waals surface area (Å²) in [5, 5.41) is 0. The molecule has 0 saturated carbocycles. The summed E-state index contributed by atoms with van der Waals surface area (Å²) in [5.41, 5.74) is 3.01. The van der Waals surface area contributed by atoms with Crippen molar-refractivity contribution in [3.05, 3.63) is 120 Å². The summed E-state index contributed by atoms with van der Waals surface area (Å²) in [4.78, 5) is 0. The third kappa shape index (κ3) is 6.29. The second-order valence-electron chi connectivity index (χ2n) is 8.02. The molecule has 0 radical (unpaired) electrons. The lowest BCUT2D eigenvalue weighted by Crippen LogP contribution is -2.55. The monoisotopic (exact) mass is 448 g/mol. The average Bonchev–Trinajstić information content (AvgIpc) is 2.87. The minimum atomic E-state index is -0.821. The maximum Gasteiger partial charge on any atom is 0.155 e. The van der Waals surface area contributed by atoms with E-state index in [1.807, 2.05) is 91.0 Å². The topological polar surface area (TPSA) is 36.9 Å². The number of ether oxygens (including phenoxy) is 4. The molecular weight excluding hydrogens is 419 g/mol. The quantitative estimate of drug-likeness (QED) is 0.403. The lowest BCUT2D eigenvalue weighted by Gasteiger charge is -2.42. The highest BCUT2D eigenvalue weighted by molar-refractivity contribution is 5.17. The second kappa shape index (κ2) is 11.8. The van der Waals surface area contributed by atoms with Crippen molar-refractivity contribution in [3.63, 3.8) is 0 Å². The Hall–Kier alpha value is -2.99. The summed E-state index contributed by atoms with van der Waals surface area (Å²) >= 11 is 0. The molecule has 4 nitrogen and oxygen atoms in total. The van der Waals surface area contributed by atoms with Crippen molar-refractivity contribution in [1.29, 1.82) is 0 Å². The van der Waals surface area contributed by atoms with Crippen molar-refractivity contribution in [1.82, 2.24) is 0 Å². The smallest absolute Gasteiger partial charge is 0.155 e. The molecule has 1 aliphatic rings. The van der Waals surface area contributed by atoms with Crippen LogP contribution in [-0.2, 0) is 38.8 Å². The molecule has 4 atom stereocenters. The molecule has 1 saturated heterocycles. The molecule has 1 heterocycles. The highest BCUT2D eigenvalue weighted by Gasteiger charge is 2.45. The molecule has 3 aromatic rings. The minimum absolute atomic E-state index is 0.314. The van der Waals surface area contributed by atoms with Gasteiger partial charge >= 0.3 is 0 Å². The predicted octanol–water partition coefficient (Wildman–Crippen LogP) is 5.62. The lowest BCUT2D eigenvalue weighted by atomic mass is 9.97. The van der Waals surface area contributed by atoms with Gasteiger partial charge < -0.3 is 18.9 Å². The SMILES string of the molecule is C=C1OC(CF)[C@@H](OCc2ccccc2)C(OCc2ccccc2)C1OCc1ccccc1. The molecule has 0 bridgehead atoms. The zero-order valence-corrected chi connectivity index (χ0v) is 18.5. The Bertz CT molecular complexity index is 981. The first-order valence-corrected chi connectivity index (χ1v) is 11.1. The van der Waals surface area contributed by atoms with Crippen molar-refractivity contribution in [2.75, 3.05) is 6.67 Å². The van der Waals surface area contributed by atoms with Crippen LogP contribution in [0.5, 0.6) is 0 Å². The predicted molar refractivity (Wildman–Crippen MR) is 125 cm³/mol. The van der Waals surface area contributed by atoms with Crippen LogP contribution in [0.3, 0.4) is 0 Å². The fraction of sp³-hybridized carbons (Fsp3) is 0.286. The Balaban J connectivity index is 1.54. The van der Waals surface area contributed by atoms with Crippen LogP contribution in [-0.4, -0.2) is 31.1 Å². The van der Waals surface area contributed by atoms with Crippen LogP contribution in [0, 0.1) is 0 Å². The molecule has 0 N–H and O–H groups in total. The highest BCUT2D eigenvalue weighted by atomic mass is 19.1. The van der Waals surface area contributed by atoms with E-state index in [0.29, 0.717) is 25.6 Å². The molecule has 0 aromatic heterocycles. The van der Waals surface area contributed by atoms with Crippen LogP contribution < -0.4 is 0 Å². The number of alkyl halides is 1. The number of rotatable bonds is 10. The average molecular weight is 449 g/mol. The van der Waals surface area contributed by atoms with Gasteiger partial charge in [-0.1, -0.05) is 97.6 Å². The van der Waals surface area contributed by atoms with Crippen molar-refractivity contribution in [2.24, 2.45) is 0 Å². The summed E-state index contributed by atoms with van der Waals surface area (Å²) in [5.74, 6) is 0.353. The van der Waals surface area contributed by atoms with Gasteiger partial charge in [0.05, 0.1) is 19.8 Å². The van der Waals surface area contributed by atoms with Crippen molar-refractivity contribution in [3.8, 4) is 0 Å². The van der Waals surface area contributed by atoms with E-state index in [0.717, 1.165) is 16.7 Å². The van der Waals surface area contributed by atoms with Crippen LogP contribution >= 0.6 is 0 Å². The zero-order chi connectivity index (χ0) is 22.9. The highest BCUT2D eigenvalue weighted by Crippen LogP contribution is 2.32. The molecule has 5 heteroatoms. The molecule has 0 spiro atoms. The van der Waals surface area contributed by atoms with Gasteiger partial charge in [-0.15, -0.1) is 0 Å². The first-order chi connectivity index (χ1) is 16.2. The Morgan fingerprint density at radius 2 is 1.06 bits per heavy atom. The summed E-state index contributed by atoms with van der Waals surface area (Å²) in [6, 6.07) is 29.5. The first kappa shape index (κ1) is 23.2. The number of halogens is 1. The third-order valence-electron chi connectivity index (χ3n) is 5.60. The van der Waals surface area contributed by atoms with Crippen molar-refractivity contribution >= 4 is 0 Å². The van der Waals surface area contributed by atoms with E-state index in [1.165, 1.54) is 0 Å². The van der Waals surface area contributed by atoms with Gasteiger partial charge in [0, 0.05) is 0 Å². The maximum absolute atomic E-state index is 14.0. The molecule has 1 fully saturated rings. The van der Waals surface area contributed by atoms with Crippen LogP contribution in [0.1, 0.15) is 16.7 Å². The van der Waals surface area contributed by atoms with E-state index in [-0.39, 0.29) is 0 Å². The van der Waals surface area contributed by atoms with E-state index in [9.17, 15) is 4.39 Å². The lowest BCUT2D eigenvalue weighted by molar-refractivity contribution is -0.216. The fourth-order valence-corrected chi connectivity index (χ4v) is 3.88. The molecule has 3 unspecified atom stereocenters. The Morgan fingerprint density at radius 1 is 0.636 bits per heavy atom. The molecular formula is C28H29FO4. The molecule has 33 heavy (non-hydrogen) atoms. The van der Waals surface area contributed by atoms with Gasteiger partial charge in [0.15, 0.2) is 6.10 Å². The number of benzene rings is 3. The standard InChI is InChI=1S/C28H29FO4/c1-21-26(30-18-22-11-5-2-6-12-22)28(32-20-24-15-9-4-10-16-24)27(25(17-29)33-21)31-19-23-13-7-3-8-14-23/h2-16,25-28H,1,17-20H2/t25?,26?,27-,28?/m1/s1. The molecule has 0 amide bonds. The number of hydrogen-bond donors (Lipinski definition) is 0. The van der Waals surface area contributed by atoms with Gasteiger partial charge in [0.25, 0.3) is 0 Å².